The first kappa shape index (κ1) is 19.9. The Morgan fingerprint density at radius 3 is 2.82 bits per heavy atom. The number of nitrogens with zero attached hydrogens (tertiary/aromatic N) is 3. The molecule has 0 unspecified atom stereocenters. The zero-order chi connectivity index (χ0) is 20.1. The second kappa shape index (κ2) is 8.88. The molecule has 0 fully saturated rings. The molecule has 1 aromatic carbocycles. The fourth-order valence-electron chi connectivity index (χ4n) is 3.26. The summed E-state index contributed by atoms with van der Waals surface area (Å²) in [5.74, 6) is 0.409. The maximum absolute atomic E-state index is 12.9. The van der Waals surface area contributed by atoms with Crippen LogP contribution in [0, 0.1) is 0 Å². The van der Waals surface area contributed by atoms with Crippen LogP contribution in [0.1, 0.15) is 39.6 Å². The van der Waals surface area contributed by atoms with Gasteiger partial charge in [-0.3, -0.25) is 9.59 Å². The number of anilines is 1. The van der Waals surface area contributed by atoms with Crippen LogP contribution >= 0.6 is 0 Å². The van der Waals surface area contributed by atoms with Gasteiger partial charge in [-0.1, -0.05) is 6.07 Å². The molecule has 2 heterocycles. The molecule has 0 bridgehead atoms. The number of methoxy groups -OCH3 is 1. The Labute approximate surface area is 164 Å². The molecule has 0 atom stereocenters. The number of amides is 2. The Morgan fingerprint density at radius 1 is 1.25 bits per heavy atom. The molecule has 1 aromatic heterocycles. The molecule has 0 saturated heterocycles. The number of fused-ring (bicyclic) bond motifs is 1. The fraction of sp³-hybridized carbons (Fsp3) is 0.450. The third kappa shape index (κ3) is 4.51. The molecule has 2 aromatic rings. The third-order valence-corrected chi connectivity index (χ3v) is 4.71. The van der Waals surface area contributed by atoms with Gasteiger partial charge in [-0.15, -0.1) is 0 Å². The monoisotopic (exact) mass is 385 g/mol. The van der Waals surface area contributed by atoms with E-state index in [4.69, 9.17) is 4.74 Å². The van der Waals surface area contributed by atoms with Crippen LogP contribution in [0.2, 0.25) is 0 Å². The van der Waals surface area contributed by atoms with Crippen molar-refractivity contribution < 1.29 is 14.3 Å². The number of ether oxygens (including phenoxy) is 1. The van der Waals surface area contributed by atoms with Gasteiger partial charge in [-0.05, 0) is 45.5 Å². The number of aromatic nitrogens is 2. The van der Waals surface area contributed by atoms with Gasteiger partial charge in [-0.25, -0.2) is 4.98 Å². The summed E-state index contributed by atoms with van der Waals surface area (Å²) < 4.78 is 7.08. The summed E-state index contributed by atoms with van der Waals surface area (Å²) in [6.07, 6.45) is 2.68. The summed E-state index contributed by atoms with van der Waals surface area (Å²) >= 11 is 0. The van der Waals surface area contributed by atoms with E-state index < -0.39 is 0 Å². The van der Waals surface area contributed by atoms with Crippen molar-refractivity contribution in [1.29, 1.82) is 0 Å². The normalized spacial score (nSPS) is 13.1. The lowest BCUT2D eigenvalue weighted by atomic mass is 10.1. The highest BCUT2D eigenvalue weighted by atomic mass is 16.5. The molecule has 0 saturated carbocycles. The molecule has 2 N–H and O–H groups in total. The third-order valence-electron chi connectivity index (χ3n) is 4.71. The molecule has 8 nitrogen and oxygen atoms in total. The molecule has 0 aliphatic carbocycles. The number of rotatable bonds is 7. The maximum atomic E-state index is 12.9. The summed E-state index contributed by atoms with van der Waals surface area (Å²) in [7, 11) is 5.48. The zero-order valence-electron chi connectivity index (χ0n) is 16.6. The first-order valence-electron chi connectivity index (χ1n) is 9.47. The number of imidazole rings is 1. The Bertz CT molecular complexity index is 860. The van der Waals surface area contributed by atoms with Gasteiger partial charge < -0.3 is 24.8 Å². The standard InChI is InChI=1S/C20H27N5O3/c1-24(2)12-10-21-20(27)18-23-17(16-9-4-5-11-25(16)18)19(26)22-14-7-6-8-15(13-14)28-3/h6-8,13H,4-5,9-12H2,1-3H3,(H,21,27)(H,22,26). The van der Waals surface area contributed by atoms with Gasteiger partial charge in [-0.2, -0.15) is 0 Å². The zero-order valence-corrected chi connectivity index (χ0v) is 16.6. The van der Waals surface area contributed by atoms with E-state index in [9.17, 15) is 9.59 Å². The van der Waals surface area contributed by atoms with Crippen LogP contribution in [0.3, 0.4) is 0 Å². The first-order valence-corrected chi connectivity index (χ1v) is 9.47. The Morgan fingerprint density at radius 2 is 2.07 bits per heavy atom. The highest BCUT2D eigenvalue weighted by Crippen LogP contribution is 2.23. The predicted octanol–water partition coefficient (Wildman–Crippen LogP) is 1.77. The number of benzene rings is 1. The van der Waals surface area contributed by atoms with E-state index in [1.54, 1.807) is 25.3 Å². The highest BCUT2D eigenvalue weighted by molar-refractivity contribution is 6.05. The van der Waals surface area contributed by atoms with E-state index in [-0.39, 0.29) is 11.8 Å². The van der Waals surface area contributed by atoms with Crippen molar-refractivity contribution in [3.63, 3.8) is 0 Å². The Kier molecular flexibility index (Phi) is 6.30. The smallest absolute Gasteiger partial charge is 0.287 e. The number of likely N-dealkylation sites (N-methyl/N-ethyl adjacent to an activating group) is 1. The first-order chi connectivity index (χ1) is 13.5. The van der Waals surface area contributed by atoms with Crippen LogP contribution in [0.25, 0.3) is 0 Å². The molecule has 1 aliphatic rings. The second-order valence-corrected chi connectivity index (χ2v) is 7.08. The number of hydrogen-bond acceptors (Lipinski definition) is 5. The van der Waals surface area contributed by atoms with Gasteiger partial charge in [0.15, 0.2) is 11.5 Å². The van der Waals surface area contributed by atoms with Crippen molar-refractivity contribution in [2.24, 2.45) is 0 Å². The van der Waals surface area contributed by atoms with E-state index in [0.29, 0.717) is 36.0 Å². The number of nitrogens with one attached hydrogen (secondary N) is 2. The lowest BCUT2D eigenvalue weighted by Crippen LogP contribution is -2.33. The molecule has 0 radical (unpaired) electrons. The van der Waals surface area contributed by atoms with Gasteiger partial charge in [0.25, 0.3) is 11.8 Å². The van der Waals surface area contributed by atoms with Gasteiger partial charge >= 0.3 is 0 Å². The summed E-state index contributed by atoms with van der Waals surface area (Å²) in [6, 6.07) is 7.15. The number of hydrogen-bond donors (Lipinski definition) is 2. The maximum Gasteiger partial charge on any atom is 0.287 e. The lowest BCUT2D eigenvalue weighted by Gasteiger charge is -2.17. The lowest BCUT2D eigenvalue weighted by molar-refractivity contribution is 0.0935. The molecular formula is C20H27N5O3. The minimum absolute atomic E-state index is 0.245. The van der Waals surface area contributed by atoms with E-state index in [1.165, 1.54) is 0 Å². The summed E-state index contributed by atoms with van der Waals surface area (Å²) in [6.45, 7) is 1.97. The Hall–Kier alpha value is -2.87. The van der Waals surface area contributed by atoms with Crippen molar-refractivity contribution in [3.05, 3.63) is 41.5 Å². The van der Waals surface area contributed by atoms with Crippen molar-refractivity contribution in [2.75, 3.05) is 39.6 Å². The highest BCUT2D eigenvalue weighted by Gasteiger charge is 2.27. The molecule has 0 spiro atoms. The predicted molar refractivity (Wildman–Crippen MR) is 107 cm³/mol. The van der Waals surface area contributed by atoms with E-state index >= 15 is 0 Å². The average molecular weight is 385 g/mol. The van der Waals surface area contributed by atoms with Gasteiger partial charge in [0.05, 0.1) is 12.8 Å². The van der Waals surface area contributed by atoms with Gasteiger partial charge in [0.2, 0.25) is 0 Å². The SMILES string of the molecule is COc1cccc(NC(=O)c2nc(C(=O)NCCN(C)C)n3c2CCCC3)c1. The average Bonchev–Trinajstić information content (AvgIpc) is 3.08. The summed E-state index contributed by atoms with van der Waals surface area (Å²) in [5.41, 5.74) is 1.77. The summed E-state index contributed by atoms with van der Waals surface area (Å²) in [4.78, 5) is 31.9. The van der Waals surface area contributed by atoms with Crippen molar-refractivity contribution in [3.8, 4) is 5.75 Å². The fourth-order valence-corrected chi connectivity index (χ4v) is 3.26. The van der Waals surface area contributed by atoms with Crippen LogP contribution < -0.4 is 15.4 Å². The second-order valence-electron chi connectivity index (χ2n) is 7.08. The quantitative estimate of drug-likeness (QED) is 0.758. The van der Waals surface area contributed by atoms with E-state index in [1.807, 2.05) is 29.6 Å². The number of carbonyl (C=O) groups excluding carboxylic acids is 2. The molecular weight excluding hydrogens is 358 g/mol. The van der Waals surface area contributed by atoms with E-state index in [0.717, 1.165) is 31.5 Å². The van der Waals surface area contributed by atoms with Gasteiger partial charge in [0, 0.05) is 31.4 Å². The van der Waals surface area contributed by atoms with E-state index in [2.05, 4.69) is 15.6 Å². The van der Waals surface area contributed by atoms with Crippen LogP contribution in [0.15, 0.2) is 24.3 Å². The molecule has 1 aliphatic heterocycles. The van der Waals surface area contributed by atoms with Crippen molar-refractivity contribution >= 4 is 17.5 Å². The molecule has 2 amide bonds. The van der Waals surface area contributed by atoms with Crippen LogP contribution in [-0.4, -0.2) is 60.6 Å². The Balaban J connectivity index is 1.81. The van der Waals surface area contributed by atoms with Crippen molar-refractivity contribution in [1.82, 2.24) is 19.8 Å². The molecule has 28 heavy (non-hydrogen) atoms. The topological polar surface area (TPSA) is 88.5 Å². The number of carbonyl (C=O) groups is 2. The van der Waals surface area contributed by atoms with Gasteiger partial charge in [0.1, 0.15) is 5.75 Å². The summed E-state index contributed by atoms with van der Waals surface area (Å²) in [5, 5.41) is 5.75. The van der Waals surface area contributed by atoms with Crippen molar-refractivity contribution in [2.45, 2.75) is 25.8 Å². The minimum atomic E-state index is -0.314. The molecule has 8 heteroatoms. The molecule has 3 rings (SSSR count). The van der Waals surface area contributed by atoms with Crippen LogP contribution in [0.4, 0.5) is 5.69 Å². The largest absolute Gasteiger partial charge is 0.497 e. The van der Waals surface area contributed by atoms with Crippen LogP contribution in [-0.2, 0) is 13.0 Å². The molecule has 150 valence electrons. The minimum Gasteiger partial charge on any atom is -0.497 e. The van der Waals surface area contributed by atoms with Crippen LogP contribution in [0.5, 0.6) is 5.75 Å².